The summed E-state index contributed by atoms with van der Waals surface area (Å²) in [6.07, 6.45) is 3.03. The van der Waals surface area contributed by atoms with E-state index in [-0.39, 0.29) is 10.1 Å². The fourth-order valence-corrected chi connectivity index (χ4v) is 7.51. The minimum atomic E-state index is -4.26. The second-order valence-electron chi connectivity index (χ2n) is 11.8. The predicted molar refractivity (Wildman–Crippen MR) is 178 cm³/mol. The van der Waals surface area contributed by atoms with Crippen molar-refractivity contribution in [2.75, 3.05) is 51.1 Å². The van der Waals surface area contributed by atoms with Crippen LogP contribution in [0.5, 0.6) is 5.75 Å². The third kappa shape index (κ3) is 8.19. The molecule has 1 saturated heterocycles. The van der Waals surface area contributed by atoms with E-state index in [0.717, 1.165) is 74.6 Å². The van der Waals surface area contributed by atoms with Gasteiger partial charge in [0.1, 0.15) is 5.82 Å². The third-order valence-corrected chi connectivity index (χ3v) is 10.5. The van der Waals surface area contributed by atoms with Crippen LogP contribution >= 0.6 is 11.8 Å². The van der Waals surface area contributed by atoms with Crippen LogP contribution in [0.3, 0.4) is 0 Å². The Morgan fingerprint density at radius 1 is 1.17 bits per heavy atom. The first kappa shape index (κ1) is 35.0. The number of nitrogens with zero attached hydrogens (tertiary/aromatic N) is 6. The first-order valence-electron chi connectivity index (χ1n) is 15.1. The smallest absolute Gasteiger partial charge is 0.305 e. The highest BCUT2D eigenvalue weighted by atomic mass is 32.2. The Bertz CT molecular complexity index is 1900. The lowest BCUT2D eigenvalue weighted by Gasteiger charge is -2.34. The molecule has 0 unspecified atom stereocenters. The van der Waals surface area contributed by atoms with Gasteiger partial charge in [-0.2, -0.15) is 9.49 Å². The van der Waals surface area contributed by atoms with Crippen LogP contribution in [0.2, 0.25) is 0 Å². The summed E-state index contributed by atoms with van der Waals surface area (Å²) in [4.78, 5) is 23.5. The Balaban J connectivity index is 1.42. The number of nitrogens with one attached hydrogen (secondary N) is 2. The van der Waals surface area contributed by atoms with Crippen molar-refractivity contribution in [3.05, 3.63) is 75.5 Å². The van der Waals surface area contributed by atoms with E-state index in [1.807, 2.05) is 6.92 Å². The number of nitro groups is 1. The zero-order chi connectivity index (χ0) is 34.6. The van der Waals surface area contributed by atoms with Gasteiger partial charge in [-0.25, -0.2) is 22.8 Å². The monoisotopic (exact) mass is 702 g/mol. The molecule has 48 heavy (non-hydrogen) atoms. The summed E-state index contributed by atoms with van der Waals surface area (Å²) in [5.74, 6) is -0.660. The van der Waals surface area contributed by atoms with Crippen LogP contribution in [0, 0.1) is 34.6 Å². The van der Waals surface area contributed by atoms with Crippen LogP contribution in [0.25, 0.3) is 0 Å². The van der Waals surface area contributed by atoms with Gasteiger partial charge in [0.2, 0.25) is 11.6 Å². The molecule has 4 aromatic rings. The van der Waals surface area contributed by atoms with Gasteiger partial charge >= 0.3 is 5.69 Å². The number of piperidine rings is 1. The average Bonchev–Trinajstić information content (AvgIpc) is 3.45. The van der Waals surface area contributed by atoms with Gasteiger partial charge in [-0.1, -0.05) is 12.1 Å². The highest BCUT2D eigenvalue weighted by Gasteiger charge is 2.28. The minimum Gasteiger partial charge on any atom is -0.490 e. The molecule has 0 saturated carbocycles. The molecule has 0 radical (unpaired) electrons. The summed E-state index contributed by atoms with van der Waals surface area (Å²) in [7, 11) is 1.39. The van der Waals surface area contributed by atoms with Crippen molar-refractivity contribution >= 4 is 44.7 Å². The molecule has 1 aliphatic rings. The molecule has 0 aliphatic carbocycles. The van der Waals surface area contributed by atoms with E-state index < -0.39 is 48.3 Å². The van der Waals surface area contributed by atoms with Gasteiger partial charge in [0.25, 0.3) is 0 Å². The number of aromatic nitrogens is 4. The van der Waals surface area contributed by atoms with Gasteiger partial charge in [0.05, 0.1) is 27.6 Å². The van der Waals surface area contributed by atoms with E-state index in [2.05, 4.69) is 44.4 Å². The lowest BCUT2D eigenvalue weighted by Crippen LogP contribution is -2.35. The van der Waals surface area contributed by atoms with Crippen LogP contribution in [0.1, 0.15) is 30.5 Å². The van der Waals surface area contributed by atoms with E-state index in [9.17, 15) is 22.9 Å². The Hall–Kier alpha value is -4.35. The summed E-state index contributed by atoms with van der Waals surface area (Å²) in [5, 5.41) is 21.5. The van der Waals surface area contributed by atoms with Crippen molar-refractivity contribution in [2.45, 2.75) is 46.9 Å². The number of hydrogen-bond acceptors (Lipinski definition) is 12. The number of methoxy groups -OCH3 is 1. The normalized spacial score (nSPS) is 14.0. The number of sulfone groups is 1. The first-order valence-corrected chi connectivity index (χ1v) is 17.6. The van der Waals surface area contributed by atoms with Crippen LogP contribution in [-0.2, 0) is 15.6 Å². The number of benzene rings is 2. The number of nitro benzene ring substituents is 1. The van der Waals surface area contributed by atoms with E-state index in [0.29, 0.717) is 29.1 Å². The predicted octanol–water partition coefficient (Wildman–Crippen LogP) is 5.74. The molecule has 13 nitrogen and oxygen atoms in total. The second kappa shape index (κ2) is 14.8. The molecule has 2 aromatic carbocycles. The van der Waals surface area contributed by atoms with Crippen LogP contribution < -0.4 is 15.0 Å². The fourth-order valence-electron chi connectivity index (χ4n) is 5.39. The Kier molecular flexibility index (Phi) is 10.8. The summed E-state index contributed by atoms with van der Waals surface area (Å²) >= 11 is 0.901. The topological polar surface area (TPSA) is 159 Å². The van der Waals surface area contributed by atoms with Crippen LogP contribution in [0.15, 0.2) is 57.4 Å². The maximum Gasteiger partial charge on any atom is 0.305 e. The van der Waals surface area contributed by atoms with Gasteiger partial charge < -0.3 is 19.9 Å². The van der Waals surface area contributed by atoms with Gasteiger partial charge in [-0.05, 0) is 82.7 Å². The number of aryl methyl sites for hydroxylation is 1. The van der Waals surface area contributed by atoms with Crippen molar-refractivity contribution in [3.63, 3.8) is 0 Å². The number of H-pyrrole nitrogens is 1. The minimum absolute atomic E-state index is 0.0514. The molecule has 0 atom stereocenters. The molecule has 3 heterocycles. The molecule has 17 heteroatoms. The van der Waals surface area contributed by atoms with E-state index in [1.165, 1.54) is 25.3 Å². The molecule has 0 bridgehead atoms. The van der Waals surface area contributed by atoms with Crippen molar-refractivity contribution in [1.29, 1.82) is 0 Å². The number of hydrogen-bond donors (Lipinski definition) is 2. The molecule has 5 rings (SSSR count). The highest BCUT2D eigenvalue weighted by Crippen LogP contribution is 2.40. The van der Waals surface area contributed by atoms with Crippen molar-refractivity contribution < 1.29 is 26.9 Å². The van der Waals surface area contributed by atoms with E-state index in [4.69, 9.17) is 9.72 Å². The summed E-state index contributed by atoms with van der Waals surface area (Å²) in [5.41, 5.74) is -0.411. The van der Waals surface area contributed by atoms with Gasteiger partial charge in [-0.15, -0.1) is 0 Å². The van der Waals surface area contributed by atoms with Crippen molar-refractivity contribution in [1.82, 2.24) is 25.1 Å². The molecule has 1 aliphatic heterocycles. The lowest BCUT2D eigenvalue weighted by molar-refractivity contribution is -0.387. The number of ether oxygens (including phenoxy) is 1. The van der Waals surface area contributed by atoms with Crippen LogP contribution in [-0.4, -0.2) is 79.2 Å². The molecular weight excluding hydrogens is 667 g/mol. The lowest BCUT2D eigenvalue weighted by atomic mass is 9.93. The largest absolute Gasteiger partial charge is 0.490 e. The number of anilines is 3. The molecule has 1 fully saturated rings. The fraction of sp³-hybridized carbons (Fsp3) is 0.387. The Morgan fingerprint density at radius 2 is 1.92 bits per heavy atom. The maximum absolute atomic E-state index is 15.5. The number of aromatic amines is 1. The summed E-state index contributed by atoms with van der Waals surface area (Å²) < 4.78 is 62.1. The van der Waals surface area contributed by atoms with Crippen molar-refractivity contribution in [3.8, 4) is 5.75 Å². The van der Waals surface area contributed by atoms with Crippen LogP contribution in [0.4, 0.5) is 31.9 Å². The zero-order valence-electron chi connectivity index (χ0n) is 26.9. The maximum atomic E-state index is 15.5. The molecule has 0 amide bonds. The molecule has 0 spiro atoms. The SMILES string of the molecule is COc1c(Nc2cc(C)[nH]n2)nc(Sc2ccc(S(=O)(=O)Cc3cccc([N+](=O)[O-])c3F)cc2F)nc1N1CCC(CCN(C)C)CC1. The quantitative estimate of drug-likeness (QED) is 0.0990. The zero-order valence-corrected chi connectivity index (χ0v) is 28.5. The van der Waals surface area contributed by atoms with Gasteiger partial charge in [-0.3, -0.25) is 15.2 Å². The Morgan fingerprint density at radius 3 is 2.54 bits per heavy atom. The van der Waals surface area contributed by atoms with Gasteiger partial charge in [0, 0.05) is 36.5 Å². The van der Waals surface area contributed by atoms with Gasteiger partial charge in [0.15, 0.2) is 32.4 Å². The molecule has 2 N–H and O–H groups in total. The second-order valence-corrected chi connectivity index (χ2v) is 14.8. The number of halogens is 2. The summed E-state index contributed by atoms with van der Waals surface area (Å²) in [6.45, 7) is 4.34. The molecular formula is C31H36F2N8O5S2. The molecule has 2 aromatic heterocycles. The average molecular weight is 703 g/mol. The standard InChI is InChI=1S/C31H36F2N8O5S2/c1-19-16-26(38-37-19)34-29-28(46-4)30(40-14-11-20(12-15-40)10-13-39(2)3)36-31(35-29)47-25-9-8-22(17-23(25)32)48(44,45)18-21-6-5-7-24(27(21)33)41(42)43/h5-9,16-17,20H,10-15,18H2,1-4H3,(H2,34,35,36,37,38). The number of rotatable bonds is 13. The van der Waals surface area contributed by atoms with Crippen molar-refractivity contribution in [2.24, 2.45) is 5.92 Å². The van der Waals surface area contributed by atoms with E-state index >= 15 is 4.39 Å². The first-order chi connectivity index (χ1) is 22.8. The Labute approximate surface area is 281 Å². The summed E-state index contributed by atoms with van der Waals surface area (Å²) in [6, 6.07) is 8.38. The highest BCUT2D eigenvalue weighted by molar-refractivity contribution is 7.99. The third-order valence-electron chi connectivity index (χ3n) is 7.95. The van der Waals surface area contributed by atoms with E-state index in [1.54, 1.807) is 6.07 Å². The molecule has 256 valence electrons.